The Kier molecular flexibility index (Phi) is 4.04. The van der Waals surface area contributed by atoms with E-state index in [1.54, 1.807) is 24.3 Å². The fraction of sp³-hybridized carbons (Fsp3) is 0.0526. The van der Waals surface area contributed by atoms with Crippen LogP contribution < -0.4 is 5.32 Å². The van der Waals surface area contributed by atoms with Gasteiger partial charge in [-0.1, -0.05) is 23.7 Å². The zero-order valence-corrected chi connectivity index (χ0v) is 14.2. The number of rotatable bonds is 2. The van der Waals surface area contributed by atoms with Crippen molar-refractivity contribution in [1.82, 2.24) is 4.98 Å². The lowest BCUT2D eigenvalue weighted by Gasteiger charge is -2.09. The molecule has 0 aliphatic heterocycles. The Hall–Kier alpha value is -3.06. The lowest BCUT2D eigenvalue weighted by atomic mass is 10.2. The molecule has 4 nitrogen and oxygen atoms in total. The lowest BCUT2D eigenvalue weighted by molar-refractivity contribution is -0.137. The molecule has 0 radical (unpaired) electrons. The van der Waals surface area contributed by atoms with Crippen LogP contribution in [0, 0.1) is 0 Å². The molecule has 4 rings (SSSR count). The number of aromatic nitrogens is 1. The number of amides is 1. The molecule has 0 saturated heterocycles. The number of hydrogen-bond acceptors (Lipinski definition) is 3. The molecule has 0 unspecified atom stereocenters. The predicted molar refractivity (Wildman–Crippen MR) is 95.9 cm³/mol. The molecule has 1 amide bonds. The first-order valence-electron chi connectivity index (χ1n) is 7.78. The number of furan rings is 1. The van der Waals surface area contributed by atoms with Crippen LogP contribution in [0.5, 0.6) is 0 Å². The van der Waals surface area contributed by atoms with Crippen molar-refractivity contribution in [2.45, 2.75) is 6.18 Å². The minimum absolute atomic E-state index is 0.0141. The van der Waals surface area contributed by atoms with Crippen molar-refractivity contribution < 1.29 is 22.4 Å². The van der Waals surface area contributed by atoms with E-state index in [9.17, 15) is 18.0 Å². The van der Waals surface area contributed by atoms with Crippen molar-refractivity contribution >= 4 is 45.2 Å². The maximum atomic E-state index is 12.8. The summed E-state index contributed by atoms with van der Waals surface area (Å²) in [5.74, 6) is -0.731. The summed E-state index contributed by atoms with van der Waals surface area (Å²) in [6, 6.07) is 12.8. The van der Waals surface area contributed by atoms with Gasteiger partial charge in [-0.25, -0.2) is 4.98 Å². The first kappa shape index (κ1) is 17.4. The van der Waals surface area contributed by atoms with Gasteiger partial charge in [0.25, 0.3) is 5.91 Å². The van der Waals surface area contributed by atoms with Gasteiger partial charge in [0.2, 0.25) is 5.71 Å². The molecule has 0 bridgehead atoms. The van der Waals surface area contributed by atoms with Crippen molar-refractivity contribution in [2.24, 2.45) is 0 Å². The van der Waals surface area contributed by atoms with Gasteiger partial charge in [0, 0.05) is 21.5 Å². The number of benzene rings is 2. The fourth-order valence-electron chi connectivity index (χ4n) is 2.68. The fourth-order valence-corrected chi connectivity index (χ4v) is 2.84. The number of nitrogens with one attached hydrogen (secondary N) is 1. The zero-order valence-electron chi connectivity index (χ0n) is 13.5. The molecule has 2 aromatic carbocycles. The van der Waals surface area contributed by atoms with E-state index in [1.165, 1.54) is 18.2 Å². The average Bonchev–Trinajstić information content (AvgIpc) is 3.02. The monoisotopic (exact) mass is 390 g/mol. The highest BCUT2D eigenvalue weighted by Gasteiger charge is 2.30. The Balaban J connectivity index is 1.66. The number of carbonyl (C=O) groups excluding carboxylic acids is 1. The second kappa shape index (κ2) is 6.28. The molecule has 0 fully saturated rings. The Morgan fingerprint density at radius 2 is 1.85 bits per heavy atom. The summed E-state index contributed by atoms with van der Waals surface area (Å²) >= 11 is 5.95. The van der Waals surface area contributed by atoms with E-state index in [1.807, 2.05) is 0 Å². The maximum Gasteiger partial charge on any atom is 0.416 e. The summed E-state index contributed by atoms with van der Waals surface area (Å²) in [5.41, 5.74) is 0.00281. The van der Waals surface area contributed by atoms with E-state index in [-0.39, 0.29) is 17.2 Å². The zero-order chi connectivity index (χ0) is 19.2. The third-order valence-corrected chi connectivity index (χ3v) is 4.17. The summed E-state index contributed by atoms with van der Waals surface area (Å²) in [6.07, 6.45) is -4.49. The van der Waals surface area contributed by atoms with E-state index in [0.29, 0.717) is 15.9 Å². The highest BCUT2D eigenvalue weighted by atomic mass is 35.5. The van der Waals surface area contributed by atoms with Gasteiger partial charge >= 0.3 is 6.18 Å². The van der Waals surface area contributed by atoms with Crippen LogP contribution in [0.15, 0.2) is 59.0 Å². The van der Waals surface area contributed by atoms with Gasteiger partial charge in [-0.2, -0.15) is 13.2 Å². The molecule has 0 aliphatic carbocycles. The SMILES string of the molecule is O=C(Nc1cccc(C(F)(F)F)c1)c1cc2cc3ccc(Cl)cc3nc2o1. The minimum atomic E-state index is -4.49. The maximum absolute atomic E-state index is 12.8. The van der Waals surface area contributed by atoms with E-state index in [0.717, 1.165) is 17.5 Å². The van der Waals surface area contributed by atoms with Crippen molar-refractivity contribution in [3.63, 3.8) is 0 Å². The lowest BCUT2D eigenvalue weighted by Crippen LogP contribution is -2.12. The first-order valence-corrected chi connectivity index (χ1v) is 8.16. The molecule has 0 aliphatic rings. The normalized spacial score (nSPS) is 11.9. The summed E-state index contributed by atoms with van der Waals surface area (Å²) in [7, 11) is 0. The van der Waals surface area contributed by atoms with Crippen LogP contribution >= 0.6 is 11.6 Å². The van der Waals surface area contributed by atoms with E-state index in [4.69, 9.17) is 16.0 Å². The van der Waals surface area contributed by atoms with Crippen LogP contribution in [0.2, 0.25) is 5.02 Å². The van der Waals surface area contributed by atoms with Gasteiger partial charge in [-0.05, 0) is 42.5 Å². The van der Waals surface area contributed by atoms with Crippen molar-refractivity contribution in [3.05, 3.63) is 70.9 Å². The second-order valence-corrected chi connectivity index (χ2v) is 6.30. The number of nitrogens with zero attached hydrogens (tertiary/aromatic N) is 1. The summed E-state index contributed by atoms with van der Waals surface area (Å²) in [6.45, 7) is 0. The predicted octanol–water partition coefficient (Wildman–Crippen LogP) is 5.91. The molecule has 1 N–H and O–H groups in total. The van der Waals surface area contributed by atoms with Gasteiger partial charge in [0.1, 0.15) is 0 Å². The Morgan fingerprint density at radius 3 is 2.63 bits per heavy atom. The van der Waals surface area contributed by atoms with E-state index < -0.39 is 17.6 Å². The number of carbonyl (C=O) groups is 1. The smallest absolute Gasteiger partial charge is 0.416 e. The summed E-state index contributed by atoms with van der Waals surface area (Å²) < 4.78 is 43.8. The topological polar surface area (TPSA) is 55.1 Å². The van der Waals surface area contributed by atoms with Gasteiger partial charge < -0.3 is 9.73 Å². The summed E-state index contributed by atoms with van der Waals surface area (Å²) in [4.78, 5) is 16.7. The van der Waals surface area contributed by atoms with Gasteiger partial charge in [0.05, 0.1) is 11.1 Å². The molecule has 2 aromatic heterocycles. The highest BCUT2D eigenvalue weighted by Crippen LogP contribution is 2.31. The van der Waals surface area contributed by atoms with Crippen molar-refractivity contribution in [3.8, 4) is 0 Å². The molecular weight excluding hydrogens is 381 g/mol. The number of fused-ring (bicyclic) bond motifs is 2. The molecule has 0 spiro atoms. The van der Waals surface area contributed by atoms with Crippen LogP contribution in [0.4, 0.5) is 18.9 Å². The third-order valence-electron chi connectivity index (χ3n) is 3.94. The molecule has 2 heterocycles. The van der Waals surface area contributed by atoms with Gasteiger partial charge in [-0.3, -0.25) is 4.79 Å². The van der Waals surface area contributed by atoms with Crippen LogP contribution in [0.1, 0.15) is 16.1 Å². The van der Waals surface area contributed by atoms with E-state index in [2.05, 4.69) is 10.3 Å². The Bertz CT molecular complexity index is 1180. The molecule has 0 atom stereocenters. The van der Waals surface area contributed by atoms with Crippen LogP contribution in [0.25, 0.3) is 22.0 Å². The largest absolute Gasteiger partial charge is 0.433 e. The number of halogens is 4. The van der Waals surface area contributed by atoms with Crippen LogP contribution in [0.3, 0.4) is 0 Å². The van der Waals surface area contributed by atoms with Gasteiger partial charge in [0.15, 0.2) is 5.76 Å². The number of alkyl halides is 3. The molecule has 136 valence electrons. The quantitative estimate of drug-likeness (QED) is 0.463. The minimum Gasteiger partial charge on any atom is -0.433 e. The standard InChI is InChI=1S/C19H10ClF3N2O2/c20-13-5-4-10-6-11-7-16(27-18(11)25-15(10)9-13)17(26)24-14-3-1-2-12(8-14)19(21,22)23/h1-9H,(H,24,26). The number of hydrogen-bond donors (Lipinski definition) is 1. The Morgan fingerprint density at radius 1 is 1.04 bits per heavy atom. The molecule has 0 saturated carbocycles. The van der Waals surface area contributed by atoms with Crippen LogP contribution in [-0.2, 0) is 6.18 Å². The van der Waals surface area contributed by atoms with Crippen molar-refractivity contribution in [2.75, 3.05) is 5.32 Å². The van der Waals surface area contributed by atoms with Crippen LogP contribution in [-0.4, -0.2) is 10.9 Å². The van der Waals surface area contributed by atoms with Crippen molar-refractivity contribution in [1.29, 1.82) is 0 Å². The molecule has 4 aromatic rings. The number of pyridine rings is 1. The first-order chi connectivity index (χ1) is 12.8. The average molecular weight is 391 g/mol. The molecule has 27 heavy (non-hydrogen) atoms. The van der Waals surface area contributed by atoms with Gasteiger partial charge in [-0.15, -0.1) is 0 Å². The van der Waals surface area contributed by atoms with E-state index >= 15 is 0 Å². The third kappa shape index (κ3) is 3.46. The molecular formula is C19H10ClF3N2O2. The highest BCUT2D eigenvalue weighted by molar-refractivity contribution is 6.31. The number of anilines is 1. The Labute approximate surface area is 155 Å². The molecule has 8 heteroatoms. The summed E-state index contributed by atoms with van der Waals surface area (Å²) in [5, 5.41) is 4.33. The second-order valence-electron chi connectivity index (χ2n) is 5.86.